The lowest BCUT2D eigenvalue weighted by Gasteiger charge is -2.37. The number of carbonyl (C=O) groups is 1. The van der Waals surface area contributed by atoms with Gasteiger partial charge in [-0.2, -0.15) is 0 Å². The minimum absolute atomic E-state index is 0.104. The number of carbonyl (C=O) groups excluding carboxylic acids is 1. The van der Waals surface area contributed by atoms with Crippen LogP contribution in [0, 0.1) is 5.92 Å². The maximum absolute atomic E-state index is 12.3. The Hall–Kier alpha value is -1.55. The average Bonchev–Trinajstić information content (AvgIpc) is 2.53. The van der Waals surface area contributed by atoms with Crippen LogP contribution in [-0.4, -0.2) is 43.0 Å². The molecule has 1 aromatic rings. The van der Waals surface area contributed by atoms with Gasteiger partial charge in [0.1, 0.15) is 0 Å². The minimum Gasteiger partial charge on any atom is -0.368 e. The Bertz CT molecular complexity index is 427. The summed E-state index contributed by atoms with van der Waals surface area (Å²) in [7, 11) is 0. The van der Waals surface area contributed by atoms with Crippen LogP contribution in [0.25, 0.3) is 0 Å². The van der Waals surface area contributed by atoms with Crippen molar-refractivity contribution in [1.29, 1.82) is 0 Å². The lowest BCUT2D eigenvalue weighted by atomic mass is 9.98. The van der Waals surface area contributed by atoms with Gasteiger partial charge in [0.05, 0.1) is 6.04 Å². The Morgan fingerprint density at radius 1 is 1.20 bits per heavy atom. The summed E-state index contributed by atoms with van der Waals surface area (Å²) >= 11 is 0. The molecule has 1 fully saturated rings. The lowest BCUT2D eigenvalue weighted by molar-refractivity contribution is -0.134. The van der Waals surface area contributed by atoms with Crippen molar-refractivity contribution in [3.63, 3.8) is 0 Å². The number of hydrogen-bond donors (Lipinski definition) is 1. The van der Waals surface area contributed by atoms with Crippen LogP contribution in [0.2, 0.25) is 0 Å². The predicted molar refractivity (Wildman–Crippen MR) is 82.7 cm³/mol. The van der Waals surface area contributed by atoms with Crippen molar-refractivity contribution in [2.75, 3.05) is 31.1 Å². The highest BCUT2D eigenvalue weighted by molar-refractivity contribution is 5.82. The molecule has 0 radical (unpaired) electrons. The van der Waals surface area contributed by atoms with Crippen LogP contribution in [0.1, 0.15) is 20.3 Å². The molecule has 1 aliphatic heterocycles. The van der Waals surface area contributed by atoms with E-state index in [9.17, 15) is 4.79 Å². The number of nitrogens with zero attached hydrogens (tertiary/aromatic N) is 2. The quantitative estimate of drug-likeness (QED) is 0.910. The summed E-state index contributed by atoms with van der Waals surface area (Å²) in [5, 5.41) is 0. The molecule has 4 heteroatoms. The molecule has 0 aliphatic carbocycles. The fraction of sp³-hybridized carbons (Fsp3) is 0.562. The van der Waals surface area contributed by atoms with Crippen LogP contribution in [0.3, 0.4) is 0 Å². The molecule has 4 nitrogen and oxygen atoms in total. The maximum atomic E-state index is 12.3. The Labute approximate surface area is 121 Å². The molecule has 2 atom stereocenters. The zero-order chi connectivity index (χ0) is 14.5. The summed E-state index contributed by atoms with van der Waals surface area (Å²) < 4.78 is 0. The molecule has 0 spiro atoms. The SMILES string of the molecule is CCC(C)[C@H](N)C(=O)N1CCN(c2ccccc2)CC1. The first-order valence-electron chi connectivity index (χ1n) is 7.47. The predicted octanol–water partition coefficient (Wildman–Crippen LogP) is 1.71. The van der Waals surface area contributed by atoms with Crippen molar-refractivity contribution in [2.45, 2.75) is 26.3 Å². The van der Waals surface area contributed by atoms with Crippen LogP contribution in [-0.2, 0) is 4.79 Å². The minimum atomic E-state index is -0.358. The van der Waals surface area contributed by atoms with Crippen LogP contribution in [0.15, 0.2) is 30.3 Å². The molecule has 1 amide bonds. The van der Waals surface area contributed by atoms with Gasteiger partial charge in [0, 0.05) is 31.9 Å². The first-order valence-corrected chi connectivity index (χ1v) is 7.47. The molecular weight excluding hydrogens is 250 g/mol. The second-order valence-corrected chi connectivity index (χ2v) is 5.56. The summed E-state index contributed by atoms with van der Waals surface area (Å²) in [6.07, 6.45) is 0.941. The summed E-state index contributed by atoms with van der Waals surface area (Å²) in [5.74, 6) is 0.349. The number of rotatable bonds is 4. The third-order valence-corrected chi connectivity index (χ3v) is 4.25. The van der Waals surface area contributed by atoms with Crippen LogP contribution < -0.4 is 10.6 Å². The van der Waals surface area contributed by atoms with Gasteiger partial charge in [0.25, 0.3) is 0 Å². The molecule has 0 saturated carbocycles. The van der Waals surface area contributed by atoms with Crippen molar-refractivity contribution in [2.24, 2.45) is 11.7 Å². The molecule has 1 saturated heterocycles. The second-order valence-electron chi connectivity index (χ2n) is 5.56. The van der Waals surface area contributed by atoms with Gasteiger partial charge in [-0.25, -0.2) is 0 Å². The van der Waals surface area contributed by atoms with Gasteiger partial charge in [-0.15, -0.1) is 0 Å². The first-order chi connectivity index (χ1) is 9.63. The highest BCUT2D eigenvalue weighted by atomic mass is 16.2. The van der Waals surface area contributed by atoms with E-state index in [1.54, 1.807) is 0 Å². The van der Waals surface area contributed by atoms with Gasteiger partial charge >= 0.3 is 0 Å². The van der Waals surface area contributed by atoms with E-state index in [4.69, 9.17) is 5.73 Å². The molecule has 1 aliphatic rings. The van der Waals surface area contributed by atoms with Crippen LogP contribution in [0.4, 0.5) is 5.69 Å². The zero-order valence-electron chi connectivity index (χ0n) is 12.5. The fourth-order valence-corrected chi connectivity index (χ4v) is 2.53. The van der Waals surface area contributed by atoms with E-state index in [2.05, 4.69) is 24.0 Å². The number of amides is 1. The van der Waals surface area contributed by atoms with Gasteiger partial charge in [-0.1, -0.05) is 38.5 Å². The molecule has 1 unspecified atom stereocenters. The van der Waals surface area contributed by atoms with Gasteiger partial charge in [-0.3, -0.25) is 4.79 Å². The smallest absolute Gasteiger partial charge is 0.239 e. The Morgan fingerprint density at radius 2 is 1.80 bits per heavy atom. The van der Waals surface area contributed by atoms with Gasteiger partial charge in [0.15, 0.2) is 0 Å². The summed E-state index contributed by atoms with van der Waals surface area (Å²) in [6.45, 7) is 7.40. The van der Waals surface area contributed by atoms with Crippen molar-refractivity contribution >= 4 is 11.6 Å². The molecule has 2 N–H and O–H groups in total. The molecular formula is C16H25N3O. The second kappa shape index (κ2) is 6.75. The molecule has 20 heavy (non-hydrogen) atoms. The highest BCUT2D eigenvalue weighted by Gasteiger charge is 2.27. The normalized spacial score (nSPS) is 18.8. The van der Waals surface area contributed by atoms with Gasteiger partial charge < -0.3 is 15.5 Å². The fourth-order valence-electron chi connectivity index (χ4n) is 2.53. The molecule has 110 valence electrons. The van der Waals surface area contributed by atoms with E-state index in [-0.39, 0.29) is 17.9 Å². The van der Waals surface area contributed by atoms with Crippen LogP contribution >= 0.6 is 0 Å². The molecule has 1 heterocycles. The van der Waals surface area contributed by atoms with E-state index >= 15 is 0 Å². The molecule has 0 aromatic heterocycles. The number of para-hydroxylation sites is 1. The Balaban J connectivity index is 1.90. The Kier molecular flexibility index (Phi) is 5.01. The maximum Gasteiger partial charge on any atom is 0.239 e. The number of anilines is 1. The van der Waals surface area contributed by atoms with E-state index in [1.807, 2.05) is 30.0 Å². The van der Waals surface area contributed by atoms with Gasteiger partial charge in [-0.05, 0) is 18.1 Å². The van der Waals surface area contributed by atoms with E-state index < -0.39 is 0 Å². The number of piperazine rings is 1. The van der Waals surface area contributed by atoms with E-state index in [1.165, 1.54) is 5.69 Å². The molecule has 2 rings (SSSR count). The van der Waals surface area contributed by atoms with E-state index in [0.717, 1.165) is 32.6 Å². The average molecular weight is 275 g/mol. The van der Waals surface area contributed by atoms with E-state index in [0.29, 0.717) is 0 Å². The highest BCUT2D eigenvalue weighted by Crippen LogP contribution is 2.17. The molecule has 1 aromatic carbocycles. The number of benzene rings is 1. The monoisotopic (exact) mass is 275 g/mol. The largest absolute Gasteiger partial charge is 0.368 e. The topological polar surface area (TPSA) is 49.6 Å². The summed E-state index contributed by atoms with van der Waals surface area (Å²) in [5.41, 5.74) is 7.27. The number of nitrogens with two attached hydrogens (primary N) is 1. The summed E-state index contributed by atoms with van der Waals surface area (Å²) in [4.78, 5) is 16.6. The third-order valence-electron chi connectivity index (χ3n) is 4.25. The summed E-state index contributed by atoms with van der Waals surface area (Å²) in [6, 6.07) is 9.99. The third kappa shape index (κ3) is 3.31. The van der Waals surface area contributed by atoms with Crippen molar-refractivity contribution in [3.05, 3.63) is 30.3 Å². The van der Waals surface area contributed by atoms with Crippen molar-refractivity contribution < 1.29 is 4.79 Å². The first kappa shape index (κ1) is 14.9. The Morgan fingerprint density at radius 3 is 2.35 bits per heavy atom. The van der Waals surface area contributed by atoms with Crippen molar-refractivity contribution in [1.82, 2.24) is 4.90 Å². The van der Waals surface area contributed by atoms with Crippen molar-refractivity contribution in [3.8, 4) is 0 Å². The standard InChI is InChI=1S/C16H25N3O/c1-3-13(2)15(17)16(20)19-11-9-18(10-12-19)14-7-5-4-6-8-14/h4-8,13,15H,3,9-12,17H2,1-2H3/t13?,15-/m0/s1. The van der Waals surface area contributed by atoms with Crippen LogP contribution in [0.5, 0.6) is 0 Å². The zero-order valence-corrected chi connectivity index (χ0v) is 12.5. The lowest BCUT2D eigenvalue weighted by Crippen LogP contribution is -2.54. The molecule has 0 bridgehead atoms. The number of hydrogen-bond acceptors (Lipinski definition) is 3. The van der Waals surface area contributed by atoms with Gasteiger partial charge in [0.2, 0.25) is 5.91 Å².